The molecule has 0 spiro atoms. The number of aliphatic hydroxyl groups excluding tert-OH is 1. The highest BCUT2D eigenvalue weighted by Gasteiger charge is 2.26. The van der Waals surface area contributed by atoms with Crippen molar-refractivity contribution in [3.05, 3.63) is 70.8 Å². The molecule has 0 aliphatic heterocycles. The Morgan fingerprint density at radius 2 is 1.79 bits per heavy atom. The van der Waals surface area contributed by atoms with Crippen LogP contribution in [0.3, 0.4) is 0 Å². The summed E-state index contributed by atoms with van der Waals surface area (Å²) in [6.07, 6.45) is -0.755. The number of ether oxygens (including phenoxy) is 2. The van der Waals surface area contributed by atoms with Crippen molar-refractivity contribution < 1.29 is 38.2 Å². The van der Waals surface area contributed by atoms with E-state index in [0.29, 0.717) is 16.1 Å². The van der Waals surface area contributed by atoms with E-state index >= 15 is 0 Å². The van der Waals surface area contributed by atoms with E-state index < -0.39 is 54.7 Å². The number of halogens is 2. The van der Waals surface area contributed by atoms with Gasteiger partial charge in [-0.25, -0.2) is 9.18 Å². The van der Waals surface area contributed by atoms with Gasteiger partial charge in [0.2, 0.25) is 0 Å². The second-order valence-corrected chi connectivity index (χ2v) is 10.9. The van der Waals surface area contributed by atoms with Gasteiger partial charge in [0.15, 0.2) is 11.8 Å². The van der Waals surface area contributed by atoms with Crippen LogP contribution in [0.15, 0.2) is 48.7 Å². The van der Waals surface area contributed by atoms with E-state index in [1.165, 1.54) is 24.4 Å². The number of benzene rings is 2. The van der Waals surface area contributed by atoms with Crippen molar-refractivity contribution in [3.8, 4) is 11.1 Å². The van der Waals surface area contributed by atoms with Crippen LogP contribution in [0.2, 0.25) is 5.02 Å². The van der Waals surface area contributed by atoms with Crippen molar-refractivity contribution in [2.45, 2.75) is 64.8 Å². The fourth-order valence-electron chi connectivity index (χ4n) is 3.88. The Labute approximate surface area is 253 Å². The molecule has 0 fully saturated rings. The smallest absolute Gasteiger partial charge is 0.335 e. The van der Waals surface area contributed by atoms with Crippen LogP contribution in [-0.2, 0) is 25.5 Å². The molecule has 0 saturated carbocycles. The lowest BCUT2D eigenvalue weighted by molar-refractivity contribution is -0.160. The molecule has 1 amide bonds. The molecule has 4 N–H and O–H groups in total. The van der Waals surface area contributed by atoms with Gasteiger partial charge in [0.1, 0.15) is 18.1 Å². The van der Waals surface area contributed by atoms with Crippen LogP contribution in [0.1, 0.15) is 50.2 Å². The number of nitrogens with two attached hydrogens (primary N) is 1. The van der Waals surface area contributed by atoms with Gasteiger partial charge in [-0.2, -0.15) is 0 Å². The topological polar surface area (TPSA) is 168 Å². The molecule has 1 heterocycles. The number of hydrogen-bond donors (Lipinski definition) is 3. The molecule has 43 heavy (non-hydrogen) atoms. The minimum atomic E-state index is -1.52. The highest BCUT2D eigenvalue weighted by Crippen LogP contribution is 2.26. The summed E-state index contributed by atoms with van der Waals surface area (Å²) in [7, 11) is 0. The van der Waals surface area contributed by atoms with E-state index in [4.69, 9.17) is 31.6 Å². The van der Waals surface area contributed by atoms with Crippen molar-refractivity contribution in [1.82, 2.24) is 20.5 Å². The molecular formula is C29H35ClFN5O7. The van der Waals surface area contributed by atoms with Gasteiger partial charge in [-0.15, -0.1) is 5.10 Å². The van der Waals surface area contributed by atoms with E-state index in [-0.39, 0.29) is 24.5 Å². The molecule has 3 aromatic rings. The molecule has 232 valence electrons. The summed E-state index contributed by atoms with van der Waals surface area (Å²) in [6.45, 7) is 6.34. The average Bonchev–Trinajstić information content (AvgIpc) is 3.43. The summed E-state index contributed by atoms with van der Waals surface area (Å²) in [5.74, 6) is -2.70. The number of rotatable bonds is 14. The van der Waals surface area contributed by atoms with Gasteiger partial charge < -0.3 is 30.5 Å². The Morgan fingerprint density at radius 1 is 1.09 bits per heavy atom. The number of aliphatic hydroxyl groups is 1. The second kappa shape index (κ2) is 15.4. The predicted molar refractivity (Wildman–Crippen MR) is 154 cm³/mol. The van der Waals surface area contributed by atoms with E-state index in [1.54, 1.807) is 52.0 Å². The first kappa shape index (κ1) is 33.4. The van der Waals surface area contributed by atoms with Gasteiger partial charge in [-0.1, -0.05) is 54.6 Å². The maximum Gasteiger partial charge on any atom is 0.335 e. The summed E-state index contributed by atoms with van der Waals surface area (Å²) in [5.41, 5.74) is 7.24. The molecule has 1 aromatic heterocycles. The summed E-state index contributed by atoms with van der Waals surface area (Å²) >= 11 is 6.02. The maximum atomic E-state index is 14.3. The fraction of sp³-hybridized carbons (Fsp3) is 0.414. The van der Waals surface area contributed by atoms with Crippen LogP contribution in [0.25, 0.3) is 11.1 Å². The van der Waals surface area contributed by atoms with E-state index in [9.17, 15) is 23.9 Å². The first-order chi connectivity index (χ1) is 20.3. The number of nitrogens with one attached hydrogen (secondary N) is 1. The van der Waals surface area contributed by atoms with Crippen molar-refractivity contribution in [3.63, 3.8) is 0 Å². The average molecular weight is 620 g/mol. The van der Waals surface area contributed by atoms with Crippen molar-refractivity contribution in [2.24, 2.45) is 11.7 Å². The Kier molecular flexibility index (Phi) is 12.0. The molecule has 2 aromatic carbocycles. The lowest BCUT2D eigenvalue weighted by Gasteiger charge is -2.21. The van der Waals surface area contributed by atoms with Gasteiger partial charge in [-0.05, 0) is 60.7 Å². The number of nitrogens with zero attached hydrogens (tertiary/aromatic N) is 3. The fourth-order valence-corrected chi connectivity index (χ4v) is 4.05. The predicted octanol–water partition coefficient (Wildman–Crippen LogP) is 2.69. The van der Waals surface area contributed by atoms with Crippen molar-refractivity contribution in [2.75, 3.05) is 6.79 Å². The van der Waals surface area contributed by atoms with Crippen LogP contribution >= 0.6 is 11.6 Å². The molecule has 3 atom stereocenters. The molecule has 0 radical (unpaired) electrons. The molecule has 0 aliphatic carbocycles. The van der Waals surface area contributed by atoms with Gasteiger partial charge in [0.05, 0.1) is 6.10 Å². The Balaban J connectivity index is 1.69. The normalized spacial score (nSPS) is 13.3. The largest absolute Gasteiger partial charge is 0.461 e. The van der Waals surface area contributed by atoms with Crippen LogP contribution in [-0.4, -0.2) is 69.2 Å². The standard InChI is InChI=1S/C29H35ClFN5O7/c1-16(2)26(32)29(40)41-15-42-36-14-24(34-35-36)27(38)33-21(13-25(37)28(39)43-17(3)4)11-18-5-7-19(8-6-18)22-12-20(30)9-10-23(22)31/h5-10,12,14,16-17,21,25-26,37H,11,13,15,32H2,1-4H3,(H,33,38)/t21?,25?,26-/m0/s1. The van der Waals surface area contributed by atoms with Gasteiger partial charge in [0, 0.05) is 23.0 Å². The van der Waals surface area contributed by atoms with Crippen LogP contribution in [0.4, 0.5) is 4.39 Å². The Morgan fingerprint density at radius 3 is 2.44 bits per heavy atom. The van der Waals surface area contributed by atoms with E-state index in [0.717, 1.165) is 10.4 Å². The molecule has 0 aliphatic rings. The lowest BCUT2D eigenvalue weighted by atomic mass is 9.97. The van der Waals surface area contributed by atoms with E-state index in [1.807, 2.05) is 0 Å². The number of aromatic nitrogens is 3. The highest BCUT2D eigenvalue weighted by molar-refractivity contribution is 6.30. The lowest BCUT2D eigenvalue weighted by Crippen LogP contribution is -2.41. The number of carbonyl (C=O) groups excluding carboxylic acids is 3. The minimum absolute atomic E-state index is 0.128. The summed E-state index contributed by atoms with van der Waals surface area (Å²) in [4.78, 5) is 43.2. The van der Waals surface area contributed by atoms with Crippen LogP contribution < -0.4 is 15.9 Å². The molecule has 0 saturated heterocycles. The minimum Gasteiger partial charge on any atom is -0.461 e. The Bertz CT molecular complexity index is 1400. The van der Waals surface area contributed by atoms with Gasteiger partial charge >= 0.3 is 11.9 Å². The first-order valence-electron chi connectivity index (χ1n) is 13.6. The highest BCUT2D eigenvalue weighted by atomic mass is 35.5. The molecule has 12 nitrogen and oxygen atoms in total. The van der Waals surface area contributed by atoms with Crippen LogP contribution in [0, 0.1) is 11.7 Å². The molecule has 0 bridgehead atoms. The number of hydrogen-bond acceptors (Lipinski definition) is 10. The third-order valence-electron chi connectivity index (χ3n) is 6.22. The zero-order valence-electron chi connectivity index (χ0n) is 24.2. The SMILES string of the molecule is CC(C)OC(=O)C(O)CC(Cc1ccc(-c2cc(Cl)ccc2F)cc1)NC(=O)c1cn(OCOC(=O)[C@@H](N)C(C)C)nn1. The number of esters is 2. The summed E-state index contributed by atoms with van der Waals surface area (Å²) < 4.78 is 24.3. The third-order valence-corrected chi connectivity index (χ3v) is 6.46. The molecule has 14 heteroatoms. The number of amides is 1. The first-order valence-corrected chi connectivity index (χ1v) is 13.9. The second-order valence-electron chi connectivity index (χ2n) is 10.4. The quantitative estimate of drug-likeness (QED) is 0.180. The summed E-state index contributed by atoms with van der Waals surface area (Å²) in [5, 5.41) is 21.1. The monoisotopic (exact) mass is 619 g/mol. The van der Waals surface area contributed by atoms with Gasteiger partial charge in [0.25, 0.3) is 12.7 Å². The number of carbonyl (C=O) groups is 3. The van der Waals surface area contributed by atoms with Crippen molar-refractivity contribution in [1.29, 1.82) is 0 Å². The molecule has 3 rings (SSSR count). The molecular weight excluding hydrogens is 585 g/mol. The van der Waals surface area contributed by atoms with E-state index in [2.05, 4.69) is 15.6 Å². The van der Waals surface area contributed by atoms with Gasteiger partial charge in [-0.3, -0.25) is 9.59 Å². The zero-order chi connectivity index (χ0) is 31.7. The zero-order valence-corrected chi connectivity index (χ0v) is 25.0. The Hall–Kier alpha value is -4.07. The maximum absolute atomic E-state index is 14.3. The van der Waals surface area contributed by atoms with Crippen molar-refractivity contribution >= 4 is 29.4 Å². The van der Waals surface area contributed by atoms with Crippen LogP contribution in [0.5, 0.6) is 0 Å². The molecule has 2 unspecified atom stereocenters. The summed E-state index contributed by atoms with van der Waals surface area (Å²) in [6, 6.07) is 9.58. The third kappa shape index (κ3) is 10.0.